The topological polar surface area (TPSA) is 38.3 Å². The van der Waals surface area contributed by atoms with Gasteiger partial charge in [0.2, 0.25) is 0 Å². The first kappa shape index (κ1) is 33.6. The van der Waals surface area contributed by atoms with Crippen LogP contribution in [0.5, 0.6) is 0 Å². The fourth-order valence-corrected chi connectivity index (χ4v) is 15.3. The van der Waals surface area contributed by atoms with E-state index in [0.717, 1.165) is 60.1 Å². The molecule has 0 aromatic heterocycles. The predicted octanol–water partition coefficient (Wildman–Crippen LogP) is 8.87. The van der Waals surface area contributed by atoms with Gasteiger partial charge in [-0.3, -0.25) is 4.90 Å². The van der Waals surface area contributed by atoms with Gasteiger partial charge in [-0.15, -0.1) is 0 Å². The van der Waals surface area contributed by atoms with E-state index in [1.807, 2.05) is 0 Å². The smallest absolute Gasteiger partial charge is 0.118 e. The Balaban J connectivity index is 1.00. The molecule has 1 N–H and O–H groups in total. The van der Waals surface area contributed by atoms with Crippen molar-refractivity contribution in [2.75, 3.05) is 49.2 Å². The summed E-state index contributed by atoms with van der Waals surface area (Å²) in [6.07, 6.45) is 23.8. The first-order chi connectivity index (χ1) is 21.6. The van der Waals surface area contributed by atoms with E-state index in [2.05, 4.69) is 68.7 Å². The van der Waals surface area contributed by atoms with E-state index in [1.54, 1.807) is 11.1 Å². The molecule has 0 amide bonds. The summed E-state index contributed by atoms with van der Waals surface area (Å²) in [6, 6.07) is 0. The normalized spacial score (nSPS) is 47.2. The highest BCUT2D eigenvalue weighted by Crippen LogP contribution is 2.75. The number of nitrogens with zero attached hydrogens (tertiary/aromatic N) is 1. The Morgan fingerprint density at radius 1 is 0.889 bits per heavy atom. The Hall–Kier alpha value is 0.0600. The van der Waals surface area contributed by atoms with Crippen LogP contribution < -0.4 is 5.32 Å². The second kappa shape index (κ2) is 13.1. The van der Waals surface area contributed by atoms with E-state index in [0.29, 0.717) is 21.8 Å². The minimum atomic E-state index is -0.561. The highest BCUT2D eigenvalue weighted by atomic mass is 32.2. The Bertz CT molecular complexity index is 1130. The van der Waals surface area contributed by atoms with Gasteiger partial charge in [0.15, 0.2) is 0 Å². The first-order valence-electron chi connectivity index (χ1n) is 19.4. The van der Waals surface area contributed by atoms with E-state index in [1.165, 1.54) is 108 Å². The van der Waals surface area contributed by atoms with Gasteiger partial charge in [0, 0.05) is 43.2 Å². The molecule has 1 aliphatic heterocycles. The maximum atomic E-state index is 11.7. The number of fused-ring (bicyclic) bond motifs is 7. The molecule has 6 aliphatic carbocycles. The standard InChI is InChI=1S/C40H66N2OS2/c1-29-8-10-31(11-9-29)32-14-17-37(3)33(30(32)2)15-18-39(5)36(37)13-12-34-35-7-6-16-40(35,20-19-38(34,39)4)41-21-25-44-26-22-42-23-27-45(43)28-24-42/h10,14,29-30,33-36,41H,6-9,11-13,15-28H2,1-5H3/t29?,30?,33?,34?,35?,36?,37?,38-,39?,40?/m1/s1. The van der Waals surface area contributed by atoms with Gasteiger partial charge in [0.1, 0.15) is 11.5 Å². The average molecular weight is 655 g/mol. The zero-order valence-electron chi connectivity index (χ0n) is 29.6. The highest BCUT2D eigenvalue weighted by Gasteiger charge is 2.68. The molecule has 254 valence electrons. The van der Waals surface area contributed by atoms with Crippen LogP contribution in [0.3, 0.4) is 0 Å². The maximum absolute atomic E-state index is 11.7. The molecule has 0 aromatic rings. The van der Waals surface area contributed by atoms with E-state index < -0.39 is 11.2 Å². The van der Waals surface area contributed by atoms with Crippen molar-refractivity contribution in [3.63, 3.8) is 0 Å². The van der Waals surface area contributed by atoms with Crippen molar-refractivity contribution in [1.82, 2.24) is 10.2 Å². The summed E-state index contributed by atoms with van der Waals surface area (Å²) in [4.78, 5) is 2.53. The van der Waals surface area contributed by atoms with Crippen molar-refractivity contribution >= 4 is 22.9 Å². The van der Waals surface area contributed by atoms with Gasteiger partial charge < -0.3 is 9.87 Å². The van der Waals surface area contributed by atoms with Gasteiger partial charge in [0.25, 0.3) is 0 Å². The summed E-state index contributed by atoms with van der Waals surface area (Å²) in [5.74, 6) is 9.36. The molecule has 1 saturated heterocycles. The Kier molecular flexibility index (Phi) is 9.75. The van der Waals surface area contributed by atoms with Crippen LogP contribution in [-0.2, 0) is 11.2 Å². The van der Waals surface area contributed by atoms with Crippen molar-refractivity contribution in [3.05, 3.63) is 23.3 Å². The van der Waals surface area contributed by atoms with Crippen molar-refractivity contribution in [2.24, 2.45) is 51.8 Å². The molecular formula is C40H66N2OS2. The molecular weight excluding hydrogens is 589 g/mol. The third kappa shape index (κ3) is 5.79. The molecule has 45 heavy (non-hydrogen) atoms. The Labute approximate surface area is 284 Å². The van der Waals surface area contributed by atoms with Crippen LogP contribution >= 0.6 is 11.8 Å². The predicted molar refractivity (Wildman–Crippen MR) is 195 cm³/mol. The molecule has 7 rings (SSSR count). The molecule has 0 aromatic carbocycles. The van der Waals surface area contributed by atoms with Crippen molar-refractivity contribution in [3.8, 4) is 0 Å². The summed E-state index contributed by atoms with van der Waals surface area (Å²) in [7, 11) is 0. The Morgan fingerprint density at radius 3 is 2.49 bits per heavy atom. The second-order valence-electron chi connectivity index (χ2n) is 17.9. The minimum Gasteiger partial charge on any atom is -0.616 e. The number of nitrogens with one attached hydrogen (secondary N) is 1. The van der Waals surface area contributed by atoms with Crippen molar-refractivity contribution in [1.29, 1.82) is 0 Å². The largest absolute Gasteiger partial charge is 0.616 e. The monoisotopic (exact) mass is 654 g/mol. The number of rotatable bonds is 8. The van der Waals surface area contributed by atoms with E-state index in [9.17, 15) is 4.55 Å². The summed E-state index contributed by atoms with van der Waals surface area (Å²) in [6.45, 7) is 17.8. The summed E-state index contributed by atoms with van der Waals surface area (Å²) < 4.78 is 11.7. The number of hydrogen-bond donors (Lipinski definition) is 1. The Morgan fingerprint density at radius 2 is 1.71 bits per heavy atom. The molecule has 4 saturated carbocycles. The van der Waals surface area contributed by atoms with E-state index in [-0.39, 0.29) is 0 Å². The van der Waals surface area contributed by atoms with Crippen LogP contribution in [0.4, 0.5) is 0 Å². The molecule has 9 unspecified atom stereocenters. The fraction of sp³-hybridized carbons (Fsp3) is 0.900. The van der Waals surface area contributed by atoms with Crippen LogP contribution in [-0.4, -0.2) is 64.2 Å². The van der Waals surface area contributed by atoms with Crippen LogP contribution in [0, 0.1) is 51.8 Å². The zero-order valence-corrected chi connectivity index (χ0v) is 31.3. The minimum absolute atomic E-state index is 0.411. The van der Waals surface area contributed by atoms with Crippen molar-refractivity contribution in [2.45, 2.75) is 124 Å². The average Bonchev–Trinajstić information content (AvgIpc) is 3.45. The third-order valence-electron chi connectivity index (χ3n) is 16.1. The molecule has 10 atom stereocenters. The SMILES string of the molecule is CC1CC=C(C2=CCC3(C)C(CCC4(C)C3CCC3C5CCCC5(NCCSCCN5CC[S+]([O-])CC5)CC[C@]34C)C2C)CC1. The number of hydrogen-bond acceptors (Lipinski definition) is 4. The second-order valence-corrected chi connectivity index (χ2v) is 20.8. The highest BCUT2D eigenvalue weighted by molar-refractivity contribution is 7.99. The summed E-state index contributed by atoms with van der Waals surface area (Å²) in [5, 5.41) is 4.29. The maximum Gasteiger partial charge on any atom is 0.118 e. The van der Waals surface area contributed by atoms with E-state index in [4.69, 9.17) is 0 Å². The molecule has 0 radical (unpaired) electrons. The fourth-order valence-electron chi connectivity index (χ4n) is 13.3. The molecule has 7 aliphatic rings. The van der Waals surface area contributed by atoms with Gasteiger partial charge in [-0.05, 0) is 140 Å². The lowest BCUT2D eigenvalue weighted by atomic mass is 9.34. The van der Waals surface area contributed by atoms with Gasteiger partial charge in [0.05, 0.1) is 0 Å². The lowest BCUT2D eigenvalue weighted by Crippen LogP contribution is -2.67. The molecule has 0 bridgehead atoms. The lowest BCUT2D eigenvalue weighted by Gasteiger charge is -2.71. The third-order valence-corrected chi connectivity index (χ3v) is 18.4. The summed E-state index contributed by atoms with van der Waals surface area (Å²) in [5.41, 5.74) is 5.34. The number of thioether (sulfide) groups is 1. The van der Waals surface area contributed by atoms with Crippen LogP contribution in [0.25, 0.3) is 0 Å². The van der Waals surface area contributed by atoms with Crippen LogP contribution in [0.1, 0.15) is 118 Å². The molecule has 5 fully saturated rings. The van der Waals surface area contributed by atoms with Gasteiger partial charge in [-0.1, -0.05) is 64.4 Å². The van der Waals surface area contributed by atoms with Gasteiger partial charge in [-0.2, -0.15) is 11.8 Å². The molecule has 1 heterocycles. The van der Waals surface area contributed by atoms with Gasteiger partial charge >= 0.3 is 0 Å². The summed E-state index contributed by atoms with van der Waals surface area (Å²) >= 11 is 1.57. The zero-order chi connectivity index (χ0) is 31.5. The first-order valence-corrected chi connectivity index (χ1v) is 22.0. The quantitative estimate of drug-likeness (QED) is 0.210. The van der Waals surface area contributed by atoms with Crippen LogP contribution in [0.15, 0.2) is 23.3 Å². The molecule has 5 heteroatoms. The van der Waals surface area contributed by atoms with Crippen molar-refractivity contribution < 1.29 is 4.55 Å². The van der Waals surface area contributed by atoms with E-state index >= 15 is 0 Å². The van der Waals surface area contributed by atoms with Gasteiger partial charge in [-0.25, -0.2) is 0 Å². The lowest BCUT2D eigenvalue weighted by molar-refractivity contribution is -0.212. The number of allylic oxidation sites excluding steroid dienone is 4. The molecule has 0 spiro atoms. The molecule has 3 nitrogen and oxygen atoms in total. The van der Waals surface area contributed by atoms with Crippen LogP contribution in [0.2, 0.25) is 0 Å².